The SMILES string of the molecule is CCc1cc(OC)c(C(=O)OC)s1. The van der Waals surface area contributed by atoms with Crippen LogP contribution in [0.1, 0.15) is 21.5 Å². The Kier molecular flexibility index (Phi) is 3.31. The minimum Gasteiger partial charge on any atom is -0.495 e. The molecule has 0 saturated heterocycles. The monoisotopic (exact) mass is 200 g/mol. The summed E-state index contributed by atoms with van der Waals surface area (Å²) in [5.41, 5.74) is 0. The number of ether oxygens (including phenoxy) is 2. The zero-order valence-electron chi connectivity index (χ0n) is 7.92. The van der Waals surface area contributed by atoms with Crippen molar-refractivity contribution in [2.75, 3.05) is 14.2 Å². The Morgan fingerprint density at radius 2 is 2.23 bits per heavy atom. The van der Waals surface area contributed by atoms with Crippen LogP contribution in [0.25, 0.3) is 0 Å². The molecule has 0 spiro atoms. The fourth-order valence-electron chi connectivity index (χ4n) is 0.983. The Morgan fingerprint density at radius 3 is 2.69 bits per heavy atom. The van der Waals surface area contributed by atoms with Crippen molar-refractivity contribution in [1.29, 1.82) is 0 Å². The summed E-state index contributed by atoms with van der Waals surface area (Å²) >= 11 is 1.42. The van der Waals surface area contributed by atoms with Crippen LogP contribution in [-0.4, -0.2) is 20.2 Å². The summed E-state index contributed by atoms with van der Waals surface area (Å²) in [7, 11) is 2.92. The molecule has 0 aliphatic rings. The molecule has 0 saturated carbocycles. The highest BCUT2D eigenvalue weighted by Crippen LogP contribution is 2.29. The van der Waals surface area contributed by atoms with Crippen LogP contribution in [0.4, 0.5) is 0 Å². The van der Waals surface area contributed by atoms with E-state index in [2.05, 4.69) is 4.74 Å². The molecule has 0 N–H and O–H groups in total. The Bertz CT molecular complexity index is 304. The van der Waals surface area contributed by atoms with Gasteiger partial charge in [-0.3, -0.25) is 0 Å². The highest BCUT2D eigenvalue weighted by atomic mass is 32.1. The molecule has 1 aromatic rings. The first-order valence-corrected chi connectivity index (χ1v) is 4.79. The zero-order valence-corrected chi connectivity index (χ0v) is 8.73. The molecular formula is C9H12O3S. The van der Waals surface area contributed by atoms with Crippen LogP contribution in [0, 0.1) is 0 Å². The molecule has 0 aliphatic heterocycles. The van der Waals surface area contributed by atoms with Crippen LogP contribution in [0.5, 0.6) is 5.75 Å². The van der Waals surface area contributed by atoms with Crippen molar-refractivity contribution in [2.45, 2.75) is 13.3 Å². The molecule has 4 heteroatoms. The second-order valence-corrected chi connectivity index (χ2v) is 3.59. The zero-order chi connectivity index (χ0) is 9.84. The van der Waals surface area contributed by atoms with Crippen LogP contribution in [0.2, 0.25) is 0 Å². The number of rotatable bonds is 3. The minimum atomic E-state index is -0.332. The Hall–Kier alpha value is -1.03. The molecule has 0 radical (unpaired) electrons. The summed E-state index contributed by atoms with van der Waals surface area (Å²) in [5.74, 6) is 0.273. The van der Waals surface area contributed by atoms with Crippen LogP contribution >= 0.6 is 11.3 Å². The molecule has 1 aromatic heterocycles. The van der Waals surface area contributed by atoms with E-state index in [4.69, 9.17) is 4.74 Å². The lowest BCUT2D eigenvalue weighted by Gasteiger charge is -1.98. The third-order valence-electron chi connectivity index (χ3n) is 1.69. The van der Waals surface area contributed by atoms with Crippen LogP contribution in [0.3, 0.4) is 0 Å². The molecule has 0 fully saturated rings. The molecule has 0 aromatic carbocycles. The molecular weight excluding hydrogens is 188 g/mol. The van der Waals surface area contributed by atoms with E-state index in [0.717, 1.165) is 11.3 Å². The number of hydrogen-bond donors (Lipinski definition) is 0. The fourth-order valence-corrected chi connectivity index (χ4v) is 1.97. The van der Waals surface area contributed by atoms with Crippen molar-refractivity contribution in [2.24, 2.45) is 0 Å². The van der Waals surface area contributed by atoms with E-state index in [0.29, 0.717) is 10.6 Å². The number of methoxy groups -OCH3 is 2. The summed E-state index contributed by atoms with van der Waals surface area (Å²) < 4.78 is 9.69. The second-order valence-electron chi connectivity index (χ2n) is 2.46. The average Bonchev–Trinajstić information content (AvgIpc) is 2.59. The van der Waals surface area contributed by atoms with E-state index in [1.807, 2.05) is 13.0 Å². The summed E-state index contributed by atoms with van der Waals surface area (Å²) in [4.78, 5) is 12.9. The lowest BCUT2D eigenvalue weighted by atomic mass is 10.3. The summed E-state index contributed by atoms with van der Waals surface area (Å²) in [6, 6.07) is 1.87. The van der Waals surface area contributed by atoms with E-state index >= 15 is 0 Å². The van der Waals surface area contributed by atoms with Gasteiger partial charge in [0, 0.05) is 4.88 Å². The maximum Gasteiger partial charge on any atom is 0.351 e. The highest BCUT2D eigenvalue weighted by molar-refractivity contribution is 7.14. The van der Waals surface area contributed by atoms with Crippen molar-refractivity contribution in [3.63, 3.8) is 0 Å². The van der Waals surface area contributed by atoms with Gasteiger partial charge in [0.05, 0.1) is 14.2 Å². The number of esters is 1. The topological polar surface area (TPSA) is 35.5 Å². The summed E-state index contributed by atoms with van der Waals surface area (Å²) in [6.07, 6.45) is 0.901. The molecule has 13 heavy (non-hydrogen) atoms. The first kappa shape index (κ1) is 10.1. The molecule has 72 valence electrons. The number of hydrogen-bond acceptors (Lipinski definition) is 4. The van der Waals surface area contributed by atoms with Crippen LogP contribution in [0.15, 0.2) is 6.07 Å². The van der Waals surface area contributed by atoms with Gasteiger partial charge in [0.25, 0.3) is 0 Å². The Labute approximate surface area is 81.3 Å². The summed E-state index contributed by atoms with van der Waals surface area (Å²) in [5, 5.41) is 0. The smallest absolute Gasteiger partial charge is 0.351 e. The van der Waals surface area contributed by atoms with Gasteiger partial charge in [0.15, 0.2) is 4.88 Å². The van der Waals surface area contributed by atoms with Crippen molar-refractivity contribution < 1.29 is 14.3 Å². The van der Waals surface area contributed by atoms with Gasteiger partial charge in [-0.05, 0) is 12.5 Å². The van der Waals surface area contributed by atoms with Crippen molar-refractivity contribution in [3.8, 4) is 5.75 Å². The second kappa shape index (κ2) is 4.28. The maximum absolute atomic E-state index is 11.2. The molecule has 1 heterocycles. The van der Waals surface area contributed by atoms with Gasteiger partial charge in [-0.1, -0.05) is 6.92 Å². The molecule has 0 aliphatic carbocycles. The van der Waals surface area contributed by atoms with Crippen LogP contribution in [-0.2, 0) is 11.2 Å². The van der Waals surface area contributed by atoms with Gasteiger partial charge in [-0.15, -0.1) is 11.3 Å². The Balaban J connectivity index is 3.03. The average molecular weight is 200 g/mol. The van der Waals surface area contributed by atoms with E-state index in [-0.39, 0.29) is 5.97 Å². The van der Waals surface area contributed by atoms with Crippen molar-refractivity contribution in [1.82, 2.24) is 0 Å². The van der Waals surface area contributed by atoms with Gasteiger partial charge >= 0.3 is 5.97 Å². The predicted octanol–water partition coefficient (Wildman–Crippen LogP) is 2.11. The number of carbonyl (C=O) groups excluding carboxylic acids is 1. The molecule has 3 nitrogen and oxygen atoms in total. The third-order valence-corrected chi connectivity index (χ3v) is 2.93. The van der Waals surface area contributed by atoms with Crippen LogP contribution < -0.4 is 4.74 Å². The minimum absolute atomic E-state index is 0.332. The predicted molar refractivity (Wildman–Crippen MR) is 51.6 cm³/mol. The first-order chi connectivity index (χ1) is 6.22. The van der Waals surface area contributed by atoms with Gasteiger partial charge < -0.3 is 9.47 Å². The number of carbonyl (C=O) groups is 1. The number of thiophene rings is 1. The maximum atomic E-state index is 11.2. The fraction of sp³-hybridized carbons (Fsp3) is 0.444. The standard InChI is InChI=1S/C9H12O3S/c1-4-6-5-7(11-2)8(13-6)9(10)12-3/h5H,4H2,1-3H3. The van der Waals surface area contributed by atoms with E-state index in [1.165, 1.54) is 18.4 Å². The Morgan fingerprint density at radius 1 is 1.54 bits per heavy atom. The first-order valence-electron chi connectivity index (χ1n) is 3.98. The van der Waals surface area contributed by atoms with Crippen molar-refractivity contribution >= 4 is 17.3 Å². The normalized spacial score (nSPS) is 9.77. The van der Waals surface area contributed by atoms with E-state index < -0.39 is 0 Å². The molecule has 1 rings (SSSR count). The summed E-state index contributed by atoms with van der Waals surface area (Å²) in [6.45, 7) is 2.03. The van der Waals surface area contributed by atoms with Gasteiger partial charge in [-0.2, -0.15) is 0 Å². The van der Waals surface area contributed by atoms with Crippen molar-refractivity contribution in [3.05, 3.63) is 15.8 Å². The van der Waals surface area contributed by atoms with Gasteiger partial charge in [0.1, 0.15) is 5.75 Å². The molecule has 0 atom stereocenters. The van der Waals surface area contributed by atoms with Gasteiger partial charge in [-0.25, -0.2) is 4.79 Å². The molecule has 0 unspecified atom stereocenters. The van der Waals surface area contributed by atoms with Gasteiger partial charge in [0.2, 0.25) is 0 Å². The third kappa shape index (κ3) is 2.01. The van der Waals surface area contributed by atoms with E-state index in [1.54, 1.807) is 7.11 Å². The lowest BCUT2D eigenvalue weighted by Crippen LogP contribution is -1.99. The molecule has 0 amide bonds. The quantitative estimate of drug-likeness (QED) is 0.701. The largest absolute Gasteiger partial charge is 0.495 e. The van der Waals surface area contributed by atoms with E-state index in [9.17, 15) is 4.79 Å². The highest BCUT2D eigenvalue weighted by Gasteiger charge is 2.16. The molecule has 0 bridgehead atoms. The number of aryl methyl sites for hydroxylation is 1. The lowest BCUT2D eigenvalue weighted by molar-refractivity contribution is 0.0603.